The minimum absolute atomic E-state index is 0.484. The van der Waals surface area contributed by atoms with E-state index in [1.807, 2.05) is 7.05 Å². The number of hydrogen-bond donors (Lipinski definition) is 1. The van der Waals surface area contributed by atoms with Gasteiger partial charge in [0, 0.05) is 13.1 Å². The van der Waals surface area contributed by atoms with Crippen molar-refractivity contribution in [2.45, 2.75) is 25.8 Å². The number of anilines is 2. The zero-order valence-corrected chi connectivity index (χ0v) is 8.64. The van der Waals surface area contributed by atoms with E-state index < -0.39 is 0 Å². The van der Waals surface area contributed by atoms with Crippen LogP contribution in [0.3, 0.4) is 0 Å². The molecular formula is C10H16N4. The predicted molar refractivity (Wildman–Crippen MR) is 57.0 cm³/mol. The molecule has 0 aliphatic heterocycles. The molecule has 14 heavy (non-hydrogen) atoms. The third kappa shape index (κ3) is 1.78. The number of nitrogen functional groups attached to an aromatic ring is 1. The first-order valence-corrected chi connectivity index (χ1v) is 4.99. The van der Waals surface area contributed by atoms with Gasteiger partial charge in [-0.15, -0.1) is 0 Å². The van der Waals surface area contributed by atoms with Crippen LogP contribution in [0.15, 0.2) is 12.4 Å². The summed E-state index contributed by atoms with van der Waals surface area (Å²) in [6, 6.07) is 0.533. The molecule has 0 spiro atoms. The molecule has 1 saturated carbocycles. The van der Waals surface area contributed by atoms with Crippen LogP contribution >= 0.6 is 0 Å². The van der Waals surface area contributed by atoms with Gasteiger partial charge >= 0.3 is 0 Å². The van der Waals surface area contributed by atoms with Crippen molar-refractivity contribution in [3.8, 4) is 0 Å². The summed E-state index contributed by atoms with van der Waals surface area (Å²) in [4.78, 5) is 10.4. The van der Waals surface area contributed by atoms with Gasteiger partial charge in [0.15, 0.2) is 0 Å². The zero-order valence-electron chi connectivity index (χ0n) is 8.64. The quantitative estimate of drug-likeness (QED) is 0.784. The molecule has 1 aliphatic carbocycles. The Morgan fingerprint density at radius 1 is 1.50 bits per heavy atom. The highest BCUT2D eigenvalue weighted by atomic mass is 15.2. The van der Waals surface area contributed by atoms with Crippen molar-refractivity contribution in [3.63, 3.8) is 0 Å². The Kier molecular flexibility index (Phi) is 2.27. The molecule has 2 N–H and O–H groups in total. The summed E-state index contributed by atoms with van der Waals surface area (Å²) in [7, 11) is 2.05. The fraction of sp³-hybridized carbons (Fsp3) is 0.600. The molecule has 1 unspecified atom stereocenters. The third-order valence-corrected chi connectivity index (χ3v) is 2.92. The van der Waals surface area contributed by atoms with Gasteiger partial charge in [-0.25, -0.2) is 4.98 Å². The Labute approximate surface area is 84.2 Å². The van der Waals surface area contributed by atoms with Crippen molar-refractivity contribution in [2.75, 3.05) is 17.7 Å². The monoisotopic (exact) mass is 192 g/mol. The lowest BCUT2D eigenvalue weighted by atomic mass is 10.2. The molecule has 0 amide bonds. The van der Waals surface area contributed by atoms with Crippen molar-refractivity contribution in [3.05, 3.63) is 12.4 Å². The van der Waals surface area contributed by atoms with Gasteiger partial charge in [0.25, 0.3) is 0 Å². The van der Waals surface area contributed by atoms with Crippen molar-refractivity contribution >= 4 is 11.6 Å². The first kappa shape index (κ1) is 9.24. The minimum atomic E-state index is 0.484. The van der Waals surface area contributed by atoms with Gasteiger partial charge in [-0.1, -0.05) is 0 Å². The molecule has 4 heteroatoms. The molecule has 0 aromatic carbocycles. The second-order valence-corrected chi connectivity index (χ2v) is 3.99. The van der Waals surface area contributed by atoms with E-state index in [1.165, 1.54) is 12.8 Å². The maximum atomic E-state index is 5.59. The number of nitrogens with two attached hydrogens (primary N) is 1. The average Bonchev–Trinajstić information content (AvgIpc) is 2.99. The van der Waals surface area contributed by atoms with Gasteiger partial charge in [-0.05, 0) is 25.7 Å². The van der Waals surface area contributed by atoms with Crippen LogP contribution in [0.5, 0.6) is 0 Å². The number of nitrogens with zero attached hydrogens (tertiary/aromatic N) is 3. The summed E-state index contributed by atoms with van der Waals surface area (Å²) in [6.45, 7) is 2.22. The SMILES string of the molecule is CC(C1CC1)N(C)c1cncc(N)n1. The molecule has 0 radical (unpaired) electrons. The molecule has 0 saturated heterocycles. The first-order valence-electron chi connectivity index (χ1n) is 4.99. The lowest BCUT2D eigenvalue weighted by Gasteiger charge is -2.25. The number of rotatable bonds is 3. The Morgan fingerprint density at radius 2 is 2.21 bits per heavy atom. The van der Waals surface area contributed by atoms with Gasteiger partial charge in [-0.2, -0.15) is 0 Å². The lowest BCUT2D eigenvalue weighted by Crippen LogP contribution is -2.31. The number of aromatic nitrogens is 2. The van der Waals surface area contributed by atoms with E-state index in [1.54, 1.807) is 12.4 Å². The van der Waals surface area contributed by atoms with Gasteiger partial charge in [0.2, 0.25) is 0 Å². The van der Waals surface area contributed by atoms with Crippen LogP contribution in [0.25, 0.3) is 0 Å². The minimum Gasteiger partial charge on any atom is -0.382 e. The molecule has 4 nitrogen and oxygen atoms in total. The summed E-state index contributed by atoms with van der Waals surface area (Å²) in [5.74, 6) is 2.17. The lowest BCUT2D eigenvalue weighted by molar-refractivity contribution is 0.603. The summed E-state index contributed by atoms with van der Waals surface area (Å²) < 4.78 is 0. The fourth-order valence-electron chi connectivity index (χ4n) is 1.64. The van der Waals surface area contributed by atoms with E-state index in [2.05, 4.69) is 21.8 Å². The van der Waals surface area contributed by atoms with Crippen LogP contribution in [0.1, 0.15) is 19.8 Å². The molecule has 1 aromatic heterocycles. The van der Waals surface area contributed by atoms with Crippen LogP contribution in [-0.4, -0.2) is 23.1 Å². The Balaban J connectivity index is 2.13. The maximum absolute atomic E-state index is 5.59. The van der Waals surface area contributed by atoms with Crippen molar-refractivity contribution in [2.24, 2.45) is 5.92 Å². The molecule has 1 heterocycles. The normalized spacial score (nSPS) is 17.9. The van der Waals surface area contributed by atoms with E-state index >= 15 is 0 Å². The Hall–Kier alpha value is -1.32. The first-order chi connectivity index (χ1) is 6.68. The highest BCUT2D eigenvalue weighted by Gasteiger charge is 2.31. The van der Waals surface area contributed by atoms with Gasteiger partial charge < -0.3 is 10.6 Å². The second-order valence-electron chi connectivity index (χ2n) is 3.99. The largest absolute Gasteiger partial charge is 0.382 e. The van der Waals surface area contributed by atoms with E-state index in [-0.39, 0.29) is 0 Å². The van der Waals surface area contributed by atoms with E-state index in [4.69, 9.17) is 5.73 Å². The molecule has 2 rings (SSSR count). The third-order valence-electron chi connectivity index (χ3n) is 2.92. The predicted octanol–water partition coefficient (Wildman–Crippen LogP) is 1.29. The van der Waals surface area contributed by atoms with Crippen molar-refractivity contribution in [1.82, 2.24) is 9.97 Å². The number of hydrogen-bond acceptors (Lipinski definition) is 4. The van der Waals surface area contributed by atoms with Crippen LogP contribution in [0.4, 0.5) is 11.6 Å². The van der Waals surface area contributed by atoms with Crippen LogP contribution in [0, 0.1) is 5.92 Å². The van der Waals surface area contributed by atoms with Gasteiger partial charge in [0.1, 0.15) is 11.6 Å². The van der Waals surface area contributed by atoms with E-state index in [0.29, 0.717) is 11.9 Å². The van der Waals surface area contributed by atoms with Gasteiger partial charge in [0.05, 0.1) is 12.4 Å². The van der Waals surface area contributed by atoms with Crippen LogP contribution < -0.4 is 10.6 Å². The maximum Gasteiger partial charge on any atom is 0.149 e. The standard InChI is InChI=1S/C10H16N4/c1-7(8-3-4-8)14(2)10-6-12-5-9(11)13-10/h5-8H,3-4H2,1-2H3,(H2,11,13). The highest BCUT2D eigenvalue weighted by molar-refractivity contribution is 5.41. The summed E-state index contributed by atoms with van der Waals surface area (Å²) >= 11 is 0. The highest BCUT2D eigenvalue weighted by Crippen LogP contribution is 2.35. The fourth-order valence-corrected chi connectivity index (χ4v) is 1.64. The molecule has 1 aliphatic rings. The van der Waals surface area contributed by atoms with Crippen molar-refractivity contribution < 1.29 is 0 Å². The summed E-state index contributed by atoms with van der Waals surface area (Å²) in [5.41, 5.74) is 5.59. The second kappa shape index (κ2) is 3.44. The van der Waals surface area contributed by atoms with E-state index in [0.717, 1.165) is 11.7 Å². The molecular weight excluding hydrogens is 176 g/mol. The summed E-state index contributed by atoms with van der Waals surface area (Å²) in [6.07, 6.45) is 6.00. The molecule has 1 fully saturated rings. The zero-order chi connectivity index (χ0) is 10.1. The molecule has 0 bridgehead atoms. The molecule has 1 atom stereocenters. The smallest absolute Gasteiger partial charge is 0.149 e. The van der Waals surface area contributed by atoms with E-state index in [9.17, 15) is 0 Å². The Bertz CT molecular complexity index is 322. The Morgan fingerprint density at radius 3 is 2.79 bits per heavy atom. The topological polar surface area (TPSA) is 55.0 Å². The van der Waals surface area contributed by atoms with Crippen LogP contribution in [-0.2, 0) is 0 Å². The van der Waals surface area contributed by atoms with Crippen molar-refractivity contribution in [1.29, 1.82) is 0 Å². The van der Waals surface area contributed by atoms with Gasteiger partial charge in [-0.3, -0.25) is 4.98 Å². The summed E-state index contributed by atoms with van der Waals surface area (Å²) in [5, 5.41) is 0. The average molecular weight is 192 g/mol. The molecule has 1 aromatic rings. The molecule has 76 valence electrons. The van der Waals surface area contributed by atoms with Crippen LogP contribution in [0.2, 0.25) is 0 Å².